The third-order valence-corrected chi connectivity index (χ3v) is 5.06. The van der Waals surface area contributed by atoms with E-state index in [2.05, 4.69) is 16.7 Å². The lowest BCUT2D eigenvalue weighted by Gasteiger charge is -2.28. The molecule has 2 heterocycles. The minimum atomic E-state index is -0.231. The van der Waals surface area contributed by atoms with Crippen LogP contribution < -0.4 is 4.90 Å². The van der Waals surface area contributed by atoms with Gasteiger partial charge in [-0.05, 0) is 41.5 Å². The van der Waals surface area contributed by atoms with E-state index in [9.17, 15) is 4.39 Å². The summed E-state index contributed by atoms with van der Waals surface area (Å²) in [6, 6.07) is 6.51. The molecule has 0 bridgehead atoms. The third-order valence-electron chi connectivity index (χ3n) is 3.87. The maximum absolute atomic E-state index is 13.0. The van der Waals surface area contributed by atoms with Crippen LogP contribution >= 0.6 is 11.3 Å². The standard InChI is InChI=1S/C17H17FN2OS/c1-12-15(11-13-3-5-14(18)6-4-13)16(19-2)17(22-12)20-7-9-21-10-8-20/h3-6H,7-11H2,1H3. The van der Waals surface area contributed by atoms with Crippen molar-refractivity contribution in [3.63, 3.8) is 0 Å². The quantitative estimate of drug-likeness (QED) is 0.790. The number of halogens is 1. The number of benzene rings is 1. The fourth-order valence-electron chi connectivity index (χ4n) is 2.66. The summed E-state index contributed by atoms with van der Waals surface area (Å²) in [4.78, 5) is 7.19. The number of rotatable bonds is 3. The van der Waals surface area contributed by atoms with Gasteiger partial charge in [-0.3, -0.25) is 0 Å². The summed E-state index contributed by atoms with van der Waals surface area (Å²) in [6.07, 6.45) is 0.671. The van der Waals surface area contributed by atoms with Gasteiger partial charge in [-0.25, -0.2) is 9.24 Å². The summed E-state index contributed by atoms with van der Waals surface area (Å²) in [7, 11) is 0. The number of thiophene rings is 1. The van der Waals surface area contributed by atoms with Crippen molar-refractivity contribution in [2.45, 2.75) is 13.3 Å². The van der Waals surface area contributed by atoms with Crippen molar-refractivity contribution in [1.82, 2.24) is 0 Å². The highest BCUT2D eigenvalue weighted by atomic mass is 32.1. The van der Waals surface area contributed by atoms with Crippen LogP contribution in [0.15, 0.2) is 24.3 Å². The molecule has 1 aromatic heterocycles. The molecule has 0 saturated carbocycles. The molecule has 1 fully saturated rings. The van der Waals surface area contributed by atoms with E-state index in [0.717, 1.165) is 39.8 Å². The van der Waals surface area contributed by atoms with E-state index >= 15 is 0 Å². The van der Waals surface area contributed by atoms with Crippen molar-refractivity contribution in [2.24, 2.45) is 0 Å². The highest BCUT2D eigenvalue weighted by Gasteiger charge is 2.22. The molecule has 0 unspecified atom stereocenters. The van der Waals surface area contributed by atoms with Crippen molar-refractivity contribution >= 4 is 22.0 Å². The van der Waals surface area contributed by atoms with Gasteiger partial charge in [-0.1, -0.05) is 12.1 Å². The monoisotopic (exact) mass is 316 g/mol. The van der Waals surface area contributed by atoms with E-state index in [4.69, 9.17) is 11.3 Å². The second-order valence-electron chi connectivity index (χ2n) is 5.31. The van der Waals surface area contributed by atoms with Crippen molar-refractivity contribution in [2.75, 3.05) is 31.2 Å². The van der Waals surface area contributed by atoms with Crippen LogP contribution in [-0.4, -0.2) is 26.3 Å². The largest absolute Gasteiger partial charge is 0.378 e. The van der Waals surface area contributed by atoms with Crippen LogP contribution in [-0.2, 0) is 11.2 Å². The van der Waals surface area contributed by atoms with Gasteiger partial charge in [0.25, 0.3) is 0 Å². The third kappa shape index (κ3) is 2.99. The smallest absolute Gasteiger partial charge is 0.224 e. The second kappa shape index (κ2) is 6.47. The maximum atomic E-state index is 13.0. The normalized spacial score (nSPS) is 14.9. The van der Waals surface area contributed by atoms with Gasteiger partial charge in [0.1, 0.15) is 5.82 Å². The number of hydrogen-bond acceptors (Lipinski definition) is 3. The van der Waals surface area contributed by atoms with Crippen LogP contribution in [0.3, 0.4) is 0 Å². The van der Waals surface area contributed by atoms with E-state index < -0.39 is 0 Å². The summed E-state index contributed by atoms with van der Waals surface area (Å²) in [5.74, 6) is -0.231. The van der Waals surface area contributed by atoms with E-state index in [1.54, 1.807) is 23.5 Å². The van der Waals surface area contributed by atoms with Crippen molar-refractivity contribution in [3.05, 3.63) is 57.5 Å². The number of morpholine rings is 1. The predicted octanol–water partition coefficient (Wildman–Crippen LogP) is 4.17. The van der Waals surface area contributed by atoms with Gasteiger partial charge in [-0.2, -0.15) is 0 Å². The van der Waals surface area contributed by atoms with Crippen molar-refractivity contribution < 1.29 is 9.13 Å². The molecule has 0 N–H and O–H groups in total. The van der Waals surface area contributed by atoms with Gasteiger partial charge >= 0.3 is 0 Å². The first-order valence-electron chi connectivity index (χ1n) is 7.26. The van der Waals surface area contributed by atoms with Gasteiger partial charge in [0.15, 0.2) is 0 Å². The van der Waals surface area contributed by atoms with Gasteiger partial charge in [0.2, 0.25) is 5.69 Å². The number of anilines is 1. The van der Waals surface area contributed by atoms with Gasteiger partial charge in [-0.15, -0.1) is 11.3 Å². The molecule has 0 atom stereocenters. The molecule has 0 spiro atoms. The summed E-state index contributed by atoms with van der Waals surface area (Å²) in [5, 5.41) is 1.05. The molecule has 0 radical (unpaired) electrons. The Morgan fingerprint density at radius 3 is 2.59 bits per heavy atom. The zero-order chi connectivity index (χ0) is 15.5. The topological polar surface area (TPSA) is 16.8 Å². The fraction of sp³-hybridized carbons (Fsp3) is 0.353. The van der Waals surface area contributed by atoms with Gasteiger partial charge in [0, 0.05) is 13.1 Å². The maximum Gasteiger partial charge on any atom is 0.224 e. The predicted molar refractivity (Wildman–Crippen MR) is 87.6 cm³/mol. The van der Waals surface area contributed by atoms with Crippen molar-refractivity contribution in [1.29, 1.82) is 0 Å². The number of aryl methyl sites for hydroxylation is 1. The molecule has 0 amide bonds. The summed E-state index contributed by atoms with van der Waals surface area (Å²) in [5.41, 5.74) is 2.84. The molecular weight excluding hydrogens is 299 g/mol. The van der Waals surface area contributed by atoms with Crippen LogP contribution in [0.25, 0.3) is 4.85 Å². The van der Waals surface area contributed by atoms with E-state index in [1.807, 2.05) is 0 Å². The lowest BCUT2D eigenvalue weighted by Crippen LogP contribution is -2.35. The minimum absolute atomic E-state index is 0.231. The molecule has 1 aliphatic heterocycles. The van der Waals surface area contributed by atoms with E-state index in [1.165, 1.54) is 12.1 Å². The summed E-state index contributed by atoms with van der Waals surface area (Å²) in [6.45, 7) is 12.7. The molecule has 1 aliphatic rings. The zero-order valence-electron chi connectivity index (χ0n) is 12.4. The Balaban J connectivity index is 1.92. The zero-order valence-corrected chi connectivity index (χ0v) is 13.3. The first-order valence-corrected chi connectivity index (χ1v) is 8.07. The Kier molecular flexibility index (Phi) is 4.41. The molecule has 0 aliphatic carbocycles. The molecule has 114 valence electrons. The Morgan fingerprint density at radius 1 is 1.27 bits per heavy atom. The number of nitrogens with zero attached hydrogens (tertiary/aromatic N) is 2. The minimum Gasteiger partial charge on any atom is -0.378 e. The Labute approximate surface area is 133 Å². The van der Waals surface area contributed by atoms with Gasteiger partial charge in [0.05, 0.1) is 24.8 Å². The van der Waals surface area contributed by atoms with Crippen LogP contribution in [0.5, 0.6) is 0 Å². The Bertz CT molecular complexity index is 697. The number of hydrogen-bond donors (Lipinski definition) is 0. The average molecular weight is 316 g/mol. The molecule has 2 aromatic rings. The Morgan fingerprint density at radius 2 is 1.95 bits per heavy atom. The molecule has 1 saturated heterocycles. The molecular formula is C17H17FN2OS. The summed E-state index contributed by atoms with van der Waals surface area (Å²) < 4.78 is 18.4. The van der Waals surface area contributed by atoms with Crippen LogP contribution in [0.1, 0.15) is 16.0 Å². The van der Waals surface area contributed by atoms with Crippen LogP contribution in [0.2, 0.25) is 0 Å². The lowest BCUT2D eigenvalue weighted by molar-refractivity contribution is 0.123. The lowest BCUT2D eigenvalue weighted by atomic mass is 10.0. The Hall–Kier alpha value is -1.90. The molecule has 5 heteroatoms. The van der Waals surface area contributed by atoms with Crippen molar-refractivity contribution in [3.8, 4) is 0 Å². The first-order chi connectivity index (χ1) is 10.7. The molecule has 3 rings (SSSR count). The van der Waals surface area contributed by atoms with Gasteiger partial charge < -0.3 is 9.64 Å². The highest BCUT2D eigenvalue weighted by Crippen LogP contribution is 2.43. The molecule has 1 aromatic carbocycles. The van der Waals surface area contributed by atoms with E-state index in [0.29, 0.717) is 19.6 Å². The average Bonchev–Trinajstić information content (AvgIpc) is 2.86. The van der Waals surface area contributed by atoms with Crippen LogP contribution in [0, 0.1) is 19.3 Å². The highest BCUT2D eigenvalue weighted by molar-refractivity contribution is 7.17. The molecule has 3 nitrogen and oxygen atoms in total. The second-order valence-corrected chi connectivity index (χ2v) is 6.51. The number of ether oxygens (including phenoxy) is 1. The van der Waals surface area contributed by atoms with Crippen LogP contribution in [0.4, 0.5) is 15.1 Å². The fourth-order valence-corrected chi connectivity index (χ4v) is 3.82. The summed E-state index contributed by atoms with van der Waals surface area (Å²) >= 11 is 1.68. The molecule has 22 heavy (non-hydrogen) atoms. The first kappa shape index (κ1) is 15.0. The van der Waals surface area contributed by atoms with E-state index in [-0.39, 0.29) is 5.82 Å². The SMILES string of the molecule is [C-]#[N+]c1c(N2CCOCC2)sc(C)c1Cc1ccc(F)cc1.